The lowest BCUT2D eigenvalue weighted by Gasteiger charge is -2.22. The first-order valence-electron chi connectivity index (χ1n) is 9.54. The highest BCUT2D eigenvalue weighted by Crippen LogP contribution is 2.12. The van der Waals surface area contributed by atoms with Gasteiger partial charge in [0.2, 0.25) is 11.8 Å². The van der Waals surface area contributed by atoms with Gasteiger partial charge in [0.1, 0.15) is 5.82 Å². The van der Waals surface area contributed by atoms with Crippen LogP contribution < -0.4 is 0 Å². The van der Waals surface area contributed by atoms with Crippen LogP contribution in [0.25, 0.3) is 0 Å². The summed E-state index contributed by atoms with van der Waals surface area (Å²) in [6, 6.07) is 12.3. The lowest BCUT2D eigenvalue weighted by Crippen LogP contribution is -2.38. The summed E-state index contributed by atoms with van der Waals surface area (Å²) < 4.78 is 13.3. The number of hydrogen-bond donors (Lipinski definition) is 1. The number of amides is 2. The van der Waals surface area contributed by atoms with E-state index < -0.39 is 5.97 Å². The summed E-state index contributed by atoms with van der Waals surface area (Å²) in [6.07, 6.45) is 1.01. The molecule has 7 heteroatoms. The molecule has 1 heterocycles. The normalized spacial score (nSPS) is 14.4. The monoisotopic (exact) mass is 398 g/mol. The minimum Gasteiger partial charge on any atom is -0.478 e. The van der Waals surface area contributed by atoms with Crippen molar-refractivity contribution in [3.8, 4) is 0 Å². The largest absolute Gasteiger partial charge is 0.478 e. The predicted molar refractivity (Wildman–Crippen MR) is 105 cm³/mol. The van der Waals surface area contributed by atoms with Crippen LogP contribution in [0.3, 0.4) is 0 Å². The Balaban J connectivity index is 1.54. The van der Waals surface area contributed by atoms with Crippen LogP contribution in [-0.4, -0.2) is 58.9 Å². The third kappa shape index (κ3) is 5.63. The Morgan fingerprint density at radius 1 is 0.828 bits per heavy atom. The summed E-state index contributed by atoms with van der Waals surface area (Å²) in [5.74, 6) is -1.49. The number of carbonyl (C=O) groups is 3. The van der Waals surface area contributed by atoms with Crippen LogP contribution in [-0.2, 0) is 22.4 Å². The van der Waals surface area contributed by atoms with E-state index in [0.717, 1.165) is 5.56 Å². The zero-order chi connectivity index (χ0) is 20.8. The highest BCUT2D eigenvalue weighted by molar-refractivity contribution is 5.87. The van der Waals surface area contributed by atoms with Gasteiger partial charge in [0.15, 0.2) is 0 Å². The molecule has 0 bridgehead atoms. The van der Waals surface area contributed by atoms with Crippen molar-refractivity contribution in [3.63, 3.8) is 0 Å². The SMILES string of the molecule is O=C(O)c1ccc(CC(=O)N2CCCN(C(=O)Cc3cccc(F)c3)CC2)cc1. The number of carboxylic acid groups (broad SMARTS) is 1. The van der Waals surface area contributed by atoms with E-state index >= 15 is 0 Å². The molecule has 2 aromatic rings. The number of carboxylic acids is 1. The van der Waals surface area contributed by atoms with Crippen molar-refractivity contribution in [1.29, 1.82) is 0 Å². The van der Waals surface area contributed by atoms with Crippen LogP contribution in [0.5, 0.6) is 0 Å². The topological polar surface area (TPSA) is 77.9 Å². The predicted octanol–water partition coefficient (Wildman–Crippen LogP) is 2.37. The average molecular weight is 398 g/mol. The Hall–Kier alpha value is -3.22. The number of carbonyl (C=O) groups excluding carboxylic acids is 2. The van der Waals surface area contributed by atoms with Gasteiger partial charge in [-0.1, -0.05) is 24.3 Å². The van der Waals surface area contributed by atoms with Crippen molar-refractivity contribution >= 4 is 17.8 Å². The molecule has 1 N–H and O–H groups in total. The Labute approximate surface area is 168 Å². The van der Waals surface area contributed by atoms with Gasteiger partial charge >= 0.3 is 5.97 Å². The molecule has 0 radical (unpaired) electrons. The second-order valence-electron chi connectivity index (χ2n) is 7.10. The van der Waals surface area contributed by atoms with E-state index in [9.17, 15) is 18.8 Å². The summed E-state index contributed by atoms with van der Waals surface area (Å²) in [7, 11) is 0. The van der Waals surface area contributed by atoms with E-state index in [2.05, 4.69) is 0 Å². The Bertz CT molecular complexity index is 898. The van der Waals surface area contributed by atoms with Gasteiger partial charge in [-0.3, -0.25) is 9.59 Å². The molecule has 2 aromatic carbocycles. The van der Waals surface area contributed by atoms with Crippen LogP contribution in [0, 0.1) is 5.82 Å². The number of nitrogens with zero attached hydrogens (tertiary/aromatic N) is 2. The lowest BCUT2D eigenvalue weighted by molar-refractivity contribution is -0.132. The molecule has 0 unspecified atom stereocenters. The Morgan fingerprint density at radius 3 is 1.97 bits per heavy atom. The molecule has 2 amide bonds. The highest BCUT2D eigenvalue weighted by atomic mass is 19.1. The van der Waals surface area contributed by atoms with E-state index in [0.29, 0.717) is 38.2 Å². The zero-order valence-electron chi connectivity index (χ0n) is 16.0. The standard InChI is InChI=1S/C22H23FN2O4/c23-19-4-1-3-17(13-19)15-21(27)25-10-2-9-24(11-12-25)20(26)14-16-5-7-18(8-6-16)22(28)29/h1,3-8,13H,2,9-12,14-15H2,(H,28,29). The number of rotatable bonds is 5. The van der Waals surface area contributed by atoms with Crippen molar-refractivity contribution in [1.82, 2.24) is 9.80 Å². The third-order valence-corrected chi connectivity index (χ3v) is 5.00. The third-order valence-electron chi connectivity index (χ3n) is 5.00. The Morgan fingerprint density at radius 2 is 1.41 bits per heavy atom. The van der Waals surface area contributed by atoms with Gasteiger partial charge in [0.05, 0.1) is 18.4 Å². The van der Waals surface area contributed by atoms with Gasteiger partial charge in [-0.15, -0.1) is 0 Å². The molecule has 1 fully saturated rings. The van der Waals surface area contributed by atoms with Crippen molar-refractivity contribution in [2.24, 2.45) is 0 Å². The first-order chi connectivity index (χ1) is 13.9. The maximum absolute atomic E-state index is 13.3. The summed E-state index contributed by atoms with van der Waals surface area (Å²) in [5.41, 5.74) is 1.57. The van der Waals surface area contributed by atoms with Gasteiger partial charge in [0, 0.05) is 26.2 Å². The minimum atomic E-state index is -1.00. The summed E-state index contributed by atoms with van der Waals surface area (Å²) in [5, 5.41) is 8.94. The van der Waals surface area contributed by atoms with Gasteiger partial charge in [-0.05, 0) is 41.8 Å². The van der Waals surface area contributed by atoms with Crippen molar-refractivity contribution in [2.45, 2.75) is 19.3 Å². The van der Waals surface area contributed by atoms with E-state index in [1.165, 1.54) is 24.3 Å². The van der Waals surface area contributed by atoms with E-state index in [-0.39, 0.29) is 36.0 Å². The average Bonchev–Trinajstić information content (AvgIpc) is 2.95. The van der Waals surface area contributed by atoms with Crippen LogP contribution in [0.2, 0.25) is 0 Å². The quantitative estimate of drug-likeness (QED) is 0.839. The van der Waals surface area contributed by atoms with E-state index in [4.69, 9.17) is 5.11 Å². The van der Waals surface area contributed by atoms with Crippen LogP contribution in [0.15, 0.2) is 48.5 Å². The number of hydrogen-bond acceptors (Lipinski definition) is 3. The molecule has 0 aromatic heterocycles. The smallest absolute Gasteiger partial charge is 0.335 e. The zero-order valence-corrected chi connectivity index (χ0v) is 16.0. The number of halogens is 1. The fourth-order valence-electron chi connectivity index (χ4n) is 3.40. The van der Waals surface area contributed by atoms with E-state index in [1.807, 2.05) is 0 Å². The summed E-state index contributed by atoms with van der Waals surface area (Å²) in [6.45, 7) is 2.01. The second kappa shape index (κ2) is 9.32. The molecule has 0 aliphatic carbocycles. The molecule has 0 saturated carbocycles. The summed E-state index contributed by atoms with van der Waals surface area (Å²) in [4.78, 5) is 39.5. The first kappa shape index (κ1) is 20.5. The Kier molecular flexibility index (Phi) is 6.59. The van der Waals surface area contributed by atoms with Gasteiger partial charge in [-0.2, -0.15) is 0 Å². The highest BCUT2D eigenvalue weighted by Gasteiger charge is 2.22. The van der Waals surface area contributed by atoms with Gasteiger partial charge < -0.3 is 14.9 Å². The van der Waals surface area contributed by atoms with Gasteiger partial charge in [0.25, 0.3) is 0 Å². The maximum atomic E-state index is 13.3. The molecule has 0 spiro atoms. The molecule has 6 nitrogen and oxygen atoms in total. The van der Waals surface area contributed by atoms with Crippen molar-refractivity contribution in [2.75, 3.05) is 26.2 Å². The molecule has 0 atom stereocenters. The second-order valence-corrected chi connectivity index (χ2v) is 7.10. The number of benzene rings is 2. The first-order valence-corrected chi connectivity index (χ1v) is 9.54. The molecule has 1 aliphatic rings. The molecule has 3 rings (SSSR count). The van der Waals surface area contributed by atoms with Crippen molar-refractivity contribution in [3.05, 3.63) is 71.0 Å². The van der Waals surface area contributed by atoms with Crippen LogP contribution in [0.1, 0.15) is 27.9 Å². The maximum Gasteiger partial charge on any atom is 0.335 e. The van der Waals surface area contributed by atoms with Gasteiger partial charge in [-0.25, -0.2) is 9.18 Å². The molecule has 29 heavy (non-hydrogen) atoms. The lowest BCUT2D eigenvalue weighted by atomic mass is 10.1. The van der Waals surface area contributed by atoms with Crippen LogP contribution in [0.4, 0.5) is 4.39 Å². The van der Waals surface area contributed by atoms with Crippen molar-refractivity contribution < 1.29 is 23.9 Å². The molecular weight excluding hydrogens is 375 g/mol. The molecule has 1 aliphatic heterocycles. The molecule has 1 saturated heterocycles. The minimum absolute atomic E-state index is 0.0486. The van der Waals surface area contributed by atoms with Crippen LogP contribution >= 0.6 is 0 Å². The summed E-state index contributed by atoms with van der Waals surface area (Å²) >= 11 is 0. The fraction of sp³-hybridized carbons (Fsp3) is 0.318. The fourth-order valence-corrected chi connectivity index (χ4v) is 3.40. The number of aromatic carboxylic acids is 1. The van der Waals surface area contributed by atoms with E-state index in [1.54, 1.807) is 34.1 Å². The molecule has 152 valence electrons. The molecular formula is C22H23FN2O4.